The van der Waals surface area contributed by atoms with Gasteiger partial charge in [0.05, 0.1) is 0 Å². The molecule has 0 aromatic heterocycles. The zero-order valence-electron chi connectivity index (χ0n) is 9.32. The summed E-state index contributed by atoms with van der Waals surface area (Å²) in [5, 5.41) is 0. The van der Waals surface area contributed by atoms with Gasteiger partial charge in [0.1, 0.15) is 6.10 Å². The van der Waals surface area contributed by atoms with Crippen molar-refractivity contribution in [3.8, 4) is 0 Å². The third-order valence-electron chi connectivity index (χ3n) is 3.48. The predicted molar refractivity (Wildman–Crippen MR) is 57.3 cm³/mol. The Morgan fingerprint density at radius 1 is 1.33 bits per heavy atom. The van der Waals surface area contributed by atoms with Gasteiger partial charge in [-0.1, -0.05) is 6.92 Å². The molecule has 0 aliphatic carbocycles. The fraction of sp³-hybridized carbons (Fsp3) is 0.909. The molecule has 2 atom stereocenters. The number of rotatable bonds is 1. The molecular formula is C11H20N2O2. The van der Waals surface area contributed by atoms with E-state index in [9.17, 15) is 4.79 Å². The molecule has 0 aromatic carbocycles. The lowest BCUT2D eigenvalue weighted by molar-refractivity contribution is -0.143. The van der Waals surface area contributed by atoms with Gasteiger partial charge < -0.3 is 15.4 Å². The largest absolute Gasteiger partial charge is 0.368 e. The maximum absolute atomic E-state index is 12.1. The van der Waals surface area contributed by atoms with Crippen LogP contribution in [0.4, 0.5) is 0 Å². The molecular weight excluding hydrogens is 192 g/mol. The van der Waals surface area contributed by atoms with Gasteiger partial charge in [-0.15, -0.1) is 0 Å². The first-order valence-corrected chi connectivity index (χ1v) is 5.84. The van der Waals surface area contributed by atoms with Crippen LogP contribution in [0.15, 0.2) is 0 Å². The summed E-state index contributed by atoms with van der Waals surface area (Å²) in [6, 6.07) is 0.274. The van der Waals surface area contributed by atoms with Crippen LogP contribution in [0.2, 0.25) is 0 Å². The van der Waals surface area contributed by atoms with Crippen LogP contribution >= 0.6 is 0 Å². The smallest absolute Gasteiger partial charge is 0.251 e. The maximum Gasteiger partial charge on any atom is 0.251 e. The van der Waals surface area contributed by atoms with Crippen LogP contribution in [-0.2, 0) is 9.53 Å². The SMILES string of the molecule is CC1CCOC1C(=O)N1CCC(N)CC1. The molecule has 0 radical (unpaired) electrons. The van der Waals surface area contributed by atoms with Crippen molar-refractivity contribution in [3.05, 3.63) is 0 Å². The van der Waals surface area contributed by atoms with Crippen LogP contribution in [-0.4, -0.2) is 42.6 Å². The molecule has 2 fully saturated rings. The van der Waals surface area contributed by atoms with Gasteiger partial charge in [0, 0.05) is 25.7 Å². The second kappa shape index (κ2) is 4.49. The first kappa shape index (κ1) is 10.9. The van der Waals surface area contributed by atoms with Crippen molar-refractivity contribution in [2.45, 2.75) is 38.3 Å². The number of nitrogens with zero attached hydrogens (tertiary/aromatic N) is 1. The highest BCUT2D eigenvalue weighted by atomic mass is 16.5. The quantitative estimate of drug-likeness (QED) is 0.683. The lowest BCUT2D eigenvalue weighted by atomic mass is 10.0. The third kappa shape index (κ3) is 2.32. The summed E-state index contributed by atoms with van der Waals surface area (Å²) in [4.78, 5) is 14.0. The molecule has 2 aliphatic rings. The molecule has 2 N–H and O–H groups in total. The van der Waals surface area contributed by atoms with Gasteiger partial charge in [-0.3, -0.25) is 4.79 Å². The zero-order chi connectivity index (χ0) is 10.8. The van der Waals surface area contributed by atoms with Gasteiger partial charge in [-0.25, -0.2) is 0 Å². The van der Waals surface area contributed by atoms with Crippen molar-refractivity contribution < 1.29 is 9.53 Å². The van der Waals surface area contributed by atoms with Gasteiger partial charge in [0.2, 0.25) is 0 Å². The maximum atomic E-state index is 12.1. The Bertz CT molecular complexity index is 237. The van der Waals surface area contributed by atoms with Crippen molar-refractivity contribution in [2.75, 3.05) is 19.7 Å². The van der Waals surface area contributed by atoms with Gasteiger partial charge >= 0.3 is 0 Å². The number of hydrogen-bond donors (Lipinski definition) is 1. The highest BCUT2D eigenvalue weighted by Crippen LogP contribution is 2.23. The number of carbonyl (C=O) groups is 1. The molecule has 0 spiro atoms. The summed E-state index contributed by atoms with van der Waals surface area (Å²) >= 11 is 0. The topological polar surface area (TPSA) is 55.6 Å². The molecule has 4 heteroatoms. The fourth-order valence-corrected chi connectivity index (χ4v) is 2.31. The summed E-state index contributed by atoms with van der Waals surface area (Å²) in [5.41, 5.74) is 5.81. The van der Waals surface area contributed by atoms with E-state index in [1.54, 1.807) is 0 Å². The normalized spacial score (nSPS) is 33.3. The second-order valence-corrected chi connectivity index (χ2v) is 4.72. The van der Waals surface area contributed by atoms with Crippen molar-refractivity contribution in [2.24, 2.45) is 11.7 Å². The van der Waals surface area contributed by atoms with E-state index in [1.165, 1.54) is 0 Å². The summed E-state index contributed by atoms with van der Waals surface area (Å²) in [7, 11) is 0. The Hall–Kier alpha value is -0.610. The van der Waals surface area contributed by atoms with Crippen LogP contribution in [0.25, 0.3) is 0 Å². The molecule has 2 heterocycles. The molecule has 0 aromatic rings. The molecule has 2 rings (SSSR count). The highest BCUT2D eigenvalue weighted by molar-refractivity contribution is 5.81. The van der Waals surface area contributed by atoms with E-state index < -0.39 is 0 Å². The molecule has 0 saturated carbocycles. The van der Waals surface area contributed by atoms with Crippen LogP contribution in [0, 0.1) is 5.92 Å². The number of ether oxygens (including phenoxy) is 1. The minimum atomic E-state index is -0.195. The molecule has 1 amide bonds. The third-order valence-corrected chi connectivity index (χ3v) is 3.48. The molecule has 2 unspecified atom stereocenters. The molecule has 0 bridgehead atoms. The Morgan fingerprint density at radius 3 is 2.53 bits per heavy atom. The van der Waals surface area contributed by atoms with E-state index in [0.717, 1.165) is 39.0 Å². The lowest BCUT2D eigenvalue weighted by Crippen LogP contribution is -2.47. The van der Waals surface area contributed by atoms with Crippen molar-refractivity contribution in [1.82, 2.24) is 4.90 Å². The Labute approximate surface area is 90.8 Å². The fourth-order valence-electron chi connectivity index (χ4n) is 2.31. The van der Waals surface area contributed by atoms with Crippen LogP contribution in [0.5, 0.6) is 0 Å². The summed E-state index contributed by atoms with van der Waals surface area (Å²) in [6.07, 6.45) is 2.66. The van der Waals surface area contributed by atoms with E-state index in [0.29, 0.717) is 5.92 Å². The van der Waals surface area contributed by atoms with Crippen molar-refractivity contribution in [3.63, 3.8) is 0 Å². The molecule has 2 saturated heterocycles. The van der Waals surface area contributed by atoms with E-state index in [1.807, 2.05) is 4.90 Å². The van der Waals surface area contributed by atoms with E-state index in [-0.39, 0.29) is 18.1 Å². The highest BCUT2D eigenvalue weighted by Gasteiger charge is 2.34. The van der Waals surface area contributed by atoms with E-state index >= 15 is 0 Å². The number of carbonyl (C=O) groups excluding carboxylic acids is 1. The number of amides is 1. The predicted octanol–water partition coefficient (Wildman–Crippen LogP) is 0.361. The lowest BCUT2D eigenvalue weighted by Gasteiger charge is -2.32. The standard InChI is InChI=1S/C11H20N2O2/c1-8-4-7-15-10(8)11(14)13-5-2-9(12)3-6-13/h8-10H,2-7,12H2,1H3. The molecule has 15 heavy (non-hydrogen) atoms. The number of likely N-dealkylation sites (tertiary alicyclic amines) is 1. The first-order valence-electron chi connectivity index (χ1n) is 5.84. The van der Waals surface area contributed by atoms with Gasteiger partial charge in [0.25, 0.3) is 5.91 Å². The molecule has 86 valence electrons. The van der Waals surface area contributed by atoms with E-state index in [4.69, 9.17) is 10.5 Å². The van der Waals surface area contributed by atoms with Gasteiger partial charge in [-0.05, 0) is 25.2 Å². The van der Waals surface area contributed by atoms with Crippen LogP contribution in [0.1, 0.15) is 26.2 Å². The van der Waals surface area contributed by atoms with Crippen molar-refractivity contribution in [1.29, 1.82) is 0 Å². The Balaban J connectivity index is 1.90. The summed E-state index contributed by atoms with van der Waals surface area (Å²) in [6.45, 7) is 4.41. The molecule has 4 nitrogen and oxygen atoms in total. The second-order valence-electron chi connectivity index (χ2n) is 4.72. The number of nitrogens with two attached hydrogens (primary N) is 1. The zero-order valence-corrected chi connectivity index (χ0v) is 9.32. The summed E-state index contributed by atoms with van der Waals surface area (Å²) < 4.78 is 5.48. The number of hydrogen-bond acceptors (Lipinski definition) is 3. The average Bonchev–Trinajstić information content (AvgIpc) is 2.65. The molecule has 2 aliphatic heterocycles. The van der Waals surface area contributed by atoms with E-state index in [2.05, 4.69) is 6.92 Å². The minimum absolute atomic E-state index is 0.173. The van der Waals surface area contributed by atoms with Crippen LogP contribution in [0.3, 0.4) is 0 Å². The average molecular weight is 212 g/mol. The Morgan fingerprint density at radius 2 is 2.00 bits per heavy atom. The van der Waals surface area contributed by atoms with Crippen LogP contribution < -0.4 is 5.73 Å². The first-order chi connectivity index (χ1) is 7.18. The van der Waals surface area contributed by atoms with Crippen molar-refractivity contribution >= 4 is 5.91 Å². The minimum Gasteiger partial charge on any atom is -0.368 e. The number of piperidine rings is 1. The van der Waals surface area contributed by atoms with Gasteiger partial charge in [-0.2, -0.15) is 0 Å². The Kier molecular flexibility index (Phi) is 3.26. The summed E-state index contributed by atoms with van der Waals surface area (Å²) in [5.74, 6) is 0.542. The monoisotopic (exact) mass is 212 g/mol. The van der Waals surface area contributed by atoms with Gasteiger partial charge in [0.15, 0.2) is 0 Å².